The molecule has 2 aliphatic heterocycles. The molecule has 1 aromatic rings. The van der Waals surface area contributed by atoms with E-state index < -0.39 is 0 Å². The van der Waals surface area contributed by atoms with Crippen molar-refractivity contribution in [3.8, 4) is 0 Å². The molecule has 0 N–H and O–H groups in total. The Morgan fingerprint density at radius 2 is 2.00 bits per heavy atom. The first kappa shape index (κ1) is 14.7. The van der Waals surface area contributed by atoms with Crippen molar-refractivity contribution in [1.82, 2.24) is 14.9 Å². The average Bonchev–Trinajstić information content (AvgIpc) is 2.77. The molecule has 0 bridgehead atoms. The van der Waals surface area contributed by atoms with Crippen molar-refractivity contribution in [1.29, 1.82) is 0 Å². The SMILES string of the molecule is CCN(C)c1ncnc2c1CCN(C1CCOCC1)CC2. The van der Waals surface area contributed by atoms with Gasteiger partial charge in [0.05, 0.1) is 5.69 Å². The molecule has 1 aromatic heterocycles. The average molecular weight is 290 g/mol. The lowest BCUT2D eigenvalue weighted by molar-refractivity contribution is 0.0355. The predicted octanol–water partition coefficient (Wildman–Crippen LogP) is 1.51. The molecule has 5 heteroatoms. The number of nitrogens with zero attached hydrogens (tertiary/aromatic N) is 4. The quantitative estimate of drug-likeness (QED) is 0.844. The number of ether oxygens (including phenoxy) is 1. The first-order chi connectivity index (χ1) is 10.3. The highest BCUT2D eigenvalue weighted by atomic mass is 16.5. The van der Waals surface area contributed by atoms with Crippen LogP contribution in [0.4, 0.5) is 5.82 Å². The van der Waals surface area contributed by atoms with Gasteiger partial charge in [-0.25, -0.2) is 9.97 Å². The van der Waals surface area contributed by atoms with Crippen LogP contribution in [0.15, 0.2) is 6.33 Å². The Morgan fingerprint density at radius 1 is 1.24 bits per heavy atom. The van der Waals surface area contributed by atoms with Crippen molar-refractivity contribution >= 4 is 5.82 Å². The van der Waals surface area contributed by atoms with E-state index in [1.54, 1.807) is 6.33 Å². The Morgan fingerprint density at radius 3 is 2.76 bits per heavy atom. The number of hydrogen-bond acceptors (Lipinski definition) is 5. The van der Waals surface area contributed by atoms with E-state index in [9.17, 15) is 0 Å². The molecule has 1 fully saturated rings. The Kier molecular flexibility index (Phi) is 4.70. The molecule has 0 spiro atoms. The summed E-state index contributed by atoms with van der Waals surface area (Å²) in [7, 11) is 2.11. The molecule has 0 unspecified atom stereocenters. The standard InChI is InChI=1S/C16H26N4O/c1-3-19(2)16-14-4-8-20(13-6-10-21-11-7-13)9-5-15(14)17-12-18-16/h12-13H,3-11H2,1-2H3. The van der Waals surface area contributed by atoms with Crippen LogP contribution in [0.5, 0.6) is 0 Å². The maximum atomic E-state index is 5.49. The van der Waals surface area contributed by atoms with E-state index in [1.165, 1.54) is 24.1 Å². The number of fused-ring (bicyclic) bond motifs is 1. The van der Waals surface area contributed by atoms with Crippen LogP contribution in [0.25, 0.3) is 0 Å². The fourth-order valence-corrected chi connectivity index (χ4v) is 3.42. The Bertz CT molecular complexity index is 473. The molecule has 5 nitrogen and oxygen atoms in total. The van der Waals surface area contributed by atoms with Crippen LogP contribution in [-0.2, 0) is 17.6 Å². The molecule has 0 aliphatic carbocycles. The summed E-state index contributed by atoms with van der Waals surface area (Å²) in [5, 5.41) is 0. The monoisotopic (exact) mass is 290 g/mol. The van der Waals surface area contributed by atoms with Crippen molar-refractivity contribution in [3.63, 3.8) is 0 Å². The molecular formula is C16H26N4O. The molecule has 0 saturated carbocycles. The van der Waals surface area contributed by atoms with Crippen LogP contribution in [0.2, 0.25) is 0 Å². The molecule has 0 aromatic carbocycles. The van der Waals surface area contributed by atoms with Crippen LogP contribution in [0, 0.1) is 0 Å². The third-order valence-corrected chi connectivity index (χ3v) is 4.84. The summed E-state index contributed by atoms with van der Waals surface area (Å²) < 4.78 is 5.49. The molecule has 21 heavy (non-hydrogen) atoms. The van der Waals surface area contributed by atoms with E-state index in [-0.39, 0.29) is 0 Å². The minimum Gasteiger partial charge on any atom is -0.381 e. The summed E-state index contributed by atoms with van der Waals surface area (Å²) >= 11 is 0. The van der Waals surface area contributed by atoms with Crippen LogP contribution < -0.4 is 4.90 Å². The minimum absolute atomic E-state index is 0.688. The van der Waals surface area contributed by atoms with E-state index in [1.807, 2.05) is 0 Å². The van der Waals surface area contributed by atoms with Gasteiger partial charge in [-0.15, -0.1) is 0 Å². The van der Waals surface area contributed by atoms with Gasteiger partial charge >= 0.3 is 0 Å². The highest BCUT2D eigenvalue weighted by Gasteiger charge is 2.25. The Labute approximate surface area is 127 Å². The molecule has 0 radical (unpaired) electrons. The zero-order chi connectivity index (χ0) is 14.7. The highest BCUT2D eigenvalue weighted by Crippen LogP contribution is 2.25. The van der Waals surface area contributed by atoms with Crippen LogP contribution in [-0.4, -0.2) is 60.8 Å². The van der Waals surface area contributed by atoms with Gasteiger partial charge in [-0.05, 0) is 26.2 Å². The van der Waals surface area contributed by atoms with Gasteiger partial charge in [-0.2, -0.15) is 0 Å². The second-order valence-electron chi connectivity index (χ2n) is 6.02. The fourth-order valence-electron chi connectivity index (χ4n) is 3.42. The van der Waals surface area contributed by atoms with E-state index in [0.29, 0.717) is 6.04 Å². The third kappa shape index (κ3) is 3.19. The molecule has 3 rings (SSSR count). The van der Waals surface area contributed by atoms with E-state index in [4.69, 9.17) is 4.74 Å². The maximum Gasteiger partial charge on any atom is 0.135 e. The summed E-state index contributed by atoms with van der Waals surface area (Å²) in [4.78, 5) is 13.9. The molecule has 0 amide bonds. The maximum absolute atomic E-state index is 5.49. The first-order valence-electron chi connectivity index (χ1n) is 8.15. The van der Waals surface area contributed by atoms with Crippen molar-refractivity contribution in [2.45, 2.75) is 38.6 Å². The lowest BCUT2D eigenvalue weighted by Gasteiger charge is -2.33. The summed E-state index contributed by atoms with van der Waals surface area (Å²) in [5.41, 5.74) is 2.60. The fraction of sp³-hybridized carbons (Fsp3) is 0.750. The van der Waals surface area contributed by atoms with Crippen molar-refractivity contribution < 1.29 is 4.74 Å². The van der Waals surface area contributed by atoms with Crippen molar-refractivity contribution in [2.75, 3.05) is 44.8 Å². The summed E-state index contributed by atoms with van der Waals surface area (Å²) in [6.45, 7) is 7.21. The summed E-state index contributed by atoms with van der Waals surface area (Å²) in [6, 6.07) is 0.688. The summed E-state index contributed by atoms with van der Waals surface area (Å²) in [5.74, 6) is 1.12. The molecule has 0 atom stereocenters. The second-order valence-corrected chi connectivity index (χ2v) is 6.02. The van der Waals surface area contributed by atoms with Gasteiger partial charge < -0.3 is 9.64 Å². The van der Waals surface area contributed by atoms with Crippen LogP contribution in [0.1, 0.15) is 31.0 Å². The van der Waals surface area contributed by atoms with E-state index in [0.717, 1.165) is 51.5 Å². The first-order valence-corrected chi connectivity index (χ1v) is 8.15. The van der Waals surface area contributed by atoms with Gasteiger partial charge in [-0.1, -0.05) is 0 Å². The van der Waals surface area contributed by atoms with Gasteiger partial charge in [0.15, 0.2) is 0 Å². The smallest absolute Gasteiger partial charge is 0.135 e. The Balaban J connectivity index is 1.76. The number of hydrogen-bond donors (Lipinski definition) is 0. The molecule has 1 saturated heterocycles. The second kappa shape index (κ2) is 6.71. The molecule has 3 heterocycles. The molecule has 116 valence electrons. The number of aromatic nitrogens is 2. The molecule has 2 aliphatic rings. The van der Waals surface area contributed by atoms with Gasteiger partial charge in [-0.3, -0.25) is 4.90 Å². The minimum atomic E-state index is 0.688. The van der Waals surface area contributed by atoms with Gasteiger partial charge in [0.1, 0.15) is 12.1 Å². The topological polar surface area (TPSA) is 41.5 Å². The van der Waals surface area contributed by atoms with E-state index >= 15 is 0 Å². The lowest BCUT2D eigenvalue weighted by Crippen LogP contribution is -2.40. The van der Waals surface area contributed by atoms with Gasteiger partial charge in [0, 0.05) is 57.9 Å². The highest BCUT2D eigenvalue weighted by molar-refractivity contribution is 5.48. The lowest BCUT2D eigenvalue weighted by atomic mass is 10.1. The number of anilines is 1. The molecular weight excluding hydrogens is 264 g/mol. The van der Waals surface area contributed by atoms with Crippen molar-refractivity contribution in [3.05, 3.63) is 17.6 Å². The summed E-state index contributed by atoms with van der Waals surface area (Å²) in [6.07, 6.45) is 6.17. The van der Waals surface area contributed by atoms with Crippen LogP contribution in [0.3, 0.4) is 0 Å². The normalized spacial score (nSPS) is 20.9. The van der Waals surface area contributed by atoms with E-state index in [2.05, 4.69) is 33.7 Å². The largest absolute Gasteiger partial charge is 0.381 e. The third-order valence-electron chi connectivity index (χ3n) is 4.84. The predicted molar refractivity (Wildman–Crippen MR) is 83.8 cm³/mol. The zero-order valence-electron chi connectivity index (χ0n) is 13.2. The number of rotatable bonds is 3. The van der Waals surface area contributed by atoms with Crippen molar-refractivity contribution in [2.24, 2.45) is 0 Å². The zero-order valence-corrected chi connectivity index (χ0v) is 13.2. The van der Waals surface area contributed by atoms with Crippen LogP contribution >= 0.6 is 0 Å². The Hall–Kier alpha value is -1.20. The van der Waals surface area contributed by atoms with Gasteiger partial charge in [0.2, 0.25) is 0 Å². The van der Waals surface area contributed by atoms with Gasteiger partial charge in [0.25, 0.3) is 0 Å².